The van der Waals surface area contributed by atoms with Gasteiger partial charge in [-0.25, -0.2) is 8.42 Å². The van der Waals surface area contributed by atoms with Crippen molar-refractivity contribution in [2.75, 3.05) is 19.0 Å². The molecular formula is C10H16ClN3O3S. The average Bonchev–Trinajstić information content (AvgIpc) is 2.76. The molecule has 1 aliphatic heterocycles. The summed E-state index contributed by atoms with van der Waals surface area (Å²) < 4.78 is 31.9. The maximum Gasteiger partial charge on any atom is 0.246 e. The van der Waals surface area contributed by atoms with Crippen LogP contribution in [0, 0.1) is 6.92 Å². The van der Waals surface area contributed by atoms with Crippen LogP contribution in [0.2, 0.25) is 0 Å². The Hall–Kier alpha value is -0.630. The molecule has 1 N–H and O–H groups in total. The second-order valence-corrected chi connectivity index (χ2v) is 6.56. The third-order valence-corrected chi connectivity index (χ3v) is 5.43. The zero-order valence-corrected chi connectivity index (χ0v) is 11.8. The van der Waals surface area contributed by atoms with Crippen molar-refractivity contribution in [1.82, 2.24) is 14.5 Å². The van der Waals surface area contributed by atoms with Crippen LogP contribution in [-0.4, -0.2) is 54.1 Å². The van der Waals surface area contributed by atoms with Gasteiger partial charge in [0.05, 0.1) is 24.6 Å². The van der Waals surface area contributed by atoms with Crippen LogP contribution in [0.3, 0.4) is 0 Å². The highest BCUT2D eigenvalue weighted by Crippen LogP contribution is 2.23. The second kappa shape index (κ2) is 5.16. The summed E-state index contributed by atoms with van der Waals surface area (Å²) in [5.74, 6) is 0.281. The lowest BCUT2D eigenvalue weighted by Gasteiger charge is -2.36. The number of hydrogen-bond donors (Lipinski definition) is 1. The van der Waals surface area contributed by atoms with Gasteiger partial charge in [-0.15, -0.1) is 11.6 Å². The third-order valence-electron chi connectivity index (χ3n) is 2.99. The number of hydrogen-bond acceptors (Lipinski definition) is 4. The Morgan fingerprint density at radius 2 is 2.39 bits per heavy atom. The van der Waals surface area contributed by atoms with Crippen LogP contribution < -0.4 is 0 Å². The van der Waals surface area contributed by atoms with Crippen molar-refractivity contribution < 1.29 is 13.2 Å². The molecule has 2 atom stereocenters. The van der Waals surface area contributed by atoms with Gasteiger partial charge in [-0.05, 0) is 13.8 Å². The lowest BCUT2D eigenvalue weighted by molar-refractivity contribution is -0.0152. The van der Waals surface area contributed by atoms with E-state index in [0.717, 1.165) is 0 Å². The first-order valence-corrected chi connectivity index (χ1v) is 7.63. The Morgan fingerprint density at radius 1 is 1.67 bits per heavy atom. The predicted octanol–water partition coefficient (Wildman–Crippen LogP) is 0.735. The summed E-state index contributed by atoms with van der Waals surface area (Å²) in [4.78, 5) is 0.213. The van der Waals surface area contributed by atoms with Gasteiger partial charge in [-0.3, -0.25) is 5.10 Å². The lowest BCUT2D eigenvalue weighted by atomic mass is 10.2. The highest BCUT2D eigenvalue weighted by molar-refractivity contribution is 7.89. The summed E-state index contributed by atoms with van der Waals surface area (Å²) >= 11 is 5.73. The summed E-state index contributed by atoms with van der Waals surface area (Å²) in [5, 5.41) is 6.40. The molecular weight excluding hydrogens is 278 g/mol. The minimum absolute atomic E-state index is 0.205. The summed E-state index contributed by atoms with van der Waals surface area (Å²) in [6.45, 7) is 4.13. The number of aromatic amines is 1. The van der Waals surface area contributed by atoms with Crippen molar-refractivity contribution >= 4 is 21.6 Å². The second-order valence-electron chi connectivity index (χ2n) is 4.39. The van der Waals surface area contributed by atoms with Crippen molar-refractivity contribution in [3.63, 3.8) is 0 Å². The number of morpholine rings is 1. The zero-order chi connectivity index (χ0) is 13.3. The fourth-order valence-electron chi connectivity index (χ4n) is 1.95. The van der Waals surface area contributed by atoms with Gasteiger partial charge in [0.1, 0.15) is 4.90 Å². The minimum atomic E-state index is -3.54. The van der Waals surface area contributed by atoms with E-state index in [2.05, 4.69) is 10.2 Å². The number of alkyl halides is 1. The van der Waals surface area contributed by atoms with Gasteiger partial charge >= 0.3 is 0 Å². The van der Waals surface area contributed by atoms with E-state index in [1.807, 2.05) is 6.92 Å². The molecule has 0 aromatic carbocycles. The van der Waals surface area contributed by atoms with Crippen LogP contribution in [0.4, 0.5) is 0 Å². The molecule has 2 unspecified atom stereocenters. The van der Waals surface area contributed by atoms with Crippen molar-refractivity contribution in [1.29, 1.82) is 0 Å². The Bertz CT molecular complexity index is 516. The highest BCUT2D eigenvalue weighted by Gasteiger charge is 2.36. The van der Waals surface area contributed by atoms with Gasteiger partial charge in [0.2, 0.25) is 10.0 Å². The van der Waals surface area contributed by atoms with E-state index in [1.165, 1.54) is 10.5 Å². The number of aromatic nitrogens is 2. The third kappa shape index (κ3) is 2.40. The molecule has 8 heteroatoms. The maximum atomic E-state index is 12.5. The molecule has 102 valence electrons. The number of aryl methyl sites for hydroxylation is 1. The largest absolute Gasteiger partial charge is 0.374 e. The van der Waals surface area contributed by atoms with Crippen LogP contribution in [-0.2, 0) is 14.8 Å². The van der Waals surface area contributed by atoms with E-state index in [9.17, 15) is 8.42 Å². The first kappa shape index (κ1) is 13.8. The van der Waals surface area contributed by atoms with Crippen LogP contribution in [0.1, 0.15) is 12.6 Å². The highest BCUT2D eigenvalue weighted by atomic mass is 35.5. The topological polar surface area (TPSA) is 75.3 Å². The van der Waals surface area contributed by atoms with Crippen molar-refractivity contribution in [3.8, 4) is 0 Å². The number of nitrogens with zero attached hydrogens (tertiary/aromatic N) is 2. The van der Waals surface area contributed by atoms with E-state index in [4.69, 9.17) is 16.3 Å². The Balaban J connectivity index is 2.31. The molecule has 0 spiro atoms. The van der Waals surface area contributed by atoms with E-state index < -0.39 is 10.0 Å². The Labute approximate surface area is 111 Å². The number of ether oxygens (including phenoxy) is 1. The van der Waals surface area contributed by atoms with Crippen LogP contribution >= 0.6 is 11.6 Å². The maximum absolute atomic E-state index is 12.5. The first-order chi connectivity index (χ1) is 8.46. The summed E-state index contributed by atoms with van der Waals surface area (Å²) in [7, 11) is -3.54. The number of H-pyrrole nitrogens is 1. The summed E-state index contributed by atoms with van der Waals surface area (Å²) in [5.41, 5.74) is 0.538. The minimum Gasteiger partial charge on any atom is -0.374 e. The number of sulfonamides is 1. The van der Waals surface area contributed by atoms with E-state index in [1.54, 1.807) is 6.92 Å². The number of rotatable bonds is 3. The fraction of sp³-hybridized carbons (Fsp3) is 0.700. The fourth-order valence-corrected chi connectivity index (χ4v) is 3.90. The molecule has 0 saturated carbocycles. The number of nitrogens with one attached hydrogen (secondary N) is 1. The average molecular weight is 294 g/mol. The van der Waals surface area contributed by atoms with Gasteiger partial charge in [-0.1, -0.05) is 0 Å². The molecule has 2 rings (SSSR count). The van der Waals surface area contributed by atoms with Gasteiger partial charge in [-0.2, -0.15) is 9.40 Å². The van der Waals surface area contributed by atoms with Crippen LogP contribution in [0.25, 0.3) is 0 Å². The quantitative estimate of drug-likeness (QED) is 0.834. The van der Waals surface area contributed by atoms with E-state index in [-0.39, 0.29) is 29.5 Å². The predicted molar refractivity (Wildman–Crippen MR) is 67.1 cm³/mol. The zero-order valence-electron chi connectivity index (χ0n) is 10.3. The molecule has 0 aliphatic carbocycles. The molecule has 1 aliphatic rings. The molecule has 0 radical (unpaired) electrons. The molecule has 1 aromatic rings. The Morgan fingerprint density at radius 3 is 2.94 bits per heavy atom. The van der Waals surface area contributed by atoms with Crippen molar-refractivity contribution in [3.05, 3.63) is 11.9 Å². The molecule has 1 fully saturated rings. The normalized spacial score (nSPS) is 26.4. The van der Waals surface area contributed by atoms with Crippen molar-refractivity contribution in [2.45, 2.75) is 30.9 Å². The molecule has 1 aromatic heterocycles. The SMILES string of the molecule is Cc1[nH]ncc1S(=O)(=O)N1CC(CCl)OCC1C. The molecule has 0 amide bonds. The molecule has 0 bridgehead atoms. The van der Waals surface area contributed by atoms with E-state index in [0.29, 0.717) is 12.3 Å². The standard InChI is InChI=1S/C10H16ClN3O3S/c1-7-6-17-9(3-11)5-14(7)18(15,16)10-4-12-13-8(10)2/h4,7,9H,3,5-6H2,1-2H3,(H,12,13). The van der Waals surface area contributed by atoms with Gasteiger partial charge in [0.15, 0.2) is 0 Å². The van der Waals surface area contributed by atoms with Crippen LogP contribution in [0.5, 0.6) is 0 Å². The Kier molecular flexibility index (Phi) is 3.96. The molecule has 6 nitrogen and oxygen atoms in total. The van der Waals surface area contributed by atoms with Crippen molar-refractivity contribution in [2.24, 2.45) is 0 Å². The molecule has 1 saturated heterocycles. The molecule has 2 heterocycles. The lowest BCUT2D eigenvalue weighted by Crippen LogP contribution is -2.51. The van der Waals surface area contributed by atoms with Gasteiger partial charge < -0.3 is 4.74 Å². The summed E-state index contributed by atoms with van der Waals surface area (Å²) in [6.07, 6.45) is 1.08. The first-order valence-electron chi connectivity index (χ1n) is 5.66. The van der Waals surface area contributed by atoms with Gasteiger partial charge in [0, 0.05) is 18.5 Å². The van der Waals surface area contributed by atoms with Gasteiger partial charge in [0.25, 0.3) is 0 Å². The van der Waals surface area contributed by atoms with E-state index >= 15 is 0 Å². The monoisotopic (exact) mass is 293 g/mol. The summed E-state index contributed by atoms with van der Waals surface area (Å²) in [6, 6.07) is -0.205. The number of halogens is 1. The molecule has 18 heavy (non-hydrogen) atoms. The smallest absolute Gasteiger partial charge is 0.246 e. The van der Waals surface area contributed by atoms with Crippen LogP contribution in [0.15, 0.2) is 11.1 Å².